The molecule has 0 saturated carbocycles. The molecule has 8 atom stereocenters. The minimum Gasteiger partial charge on any atom is -0.393 e. The van der Waals surface area contributed by atoms with E-state index in [4.69, 9.17) is 4.74 Å². The van der Waals surface area contributed by atoms with E-state index in [0.29, 0.717) is 30.6 Å². The van der Waals surface area contributed by atoms with Crippen LogP contribution in [0.3, 0.4) is 0 Å². The molecular formula is C19H30O4. The second kappa shape index (κ2) is 7.06. The van der Waals surface area contributed by atoms with Gasteiger partial charge in [0.25, 0.3) is 0 Å². The van der Waals surface area contributed by atoms with Crippen molar-refractivity contribution >= 4 is 0 Å². The minimum atomic E-state index is -0.844. The number of aliphatic hydroxyl groups is 3. The SMILES string of the molecule is C[C@H]1C=C2C=C[C@H](C)[C@H](CCC3CC(O)CC(O)O3)[C@H]2[C@@H](O)C1. The molecule has 1 fully saturated rings. The van der Waals surface area contributed by atoms with Crippen molar-refractivity contribution in [3.05, 3.63) is 23.8 Å². The Kier molecular flexibility index (Phi) is 5.26. The Balaban J connectivity index is 1.66. The van der Waals surface area contributed by atoms with E-state index >= 15 is 0 Å². The van der Waals surface area contributed by atoms with Gasteiger partial charge in [-0.25, -0.2) is 0 Å². The molecule has 1 aliphatic heterocycles. The van der Waals surface area contributed by atoms with Crippen molar-refractivity contribution in [2.75, 3.05) is 0 Å². The van der Waals surface area contributed by atoms with Crippen LogP contribution in [0.25, 0.3) is 0 Å². The summed E-state index contributed by atoms with van der Waals surface area (Å²) in [6.07, 6.45) is 8.59. The third kappa shape index (κ3) is 3.87. The largest absolute Gasteiger partial charge is 0.393 e. The van der Waals surface area contributed by atoms with Gasteiger partial charge in [0.1, 0.15) is 0 Å². The van der Waals surface area contributed by atoms with Crippen LogP contribution in [0.2, 0.25) is 0 Å². The van der Waals surface area contributed by atoms with Gasteiger partial charge >= 0.3 is 0 Å². The van der Waals surface area contributed by atoms with Gasteiger partial charge in [0.05, 0.1) is 18.3 Å². The highest BCUT2D eigenvalue weighted by molar-refractivity contribution is 5.31. The summed E-state index contributed by atoms with van der Waals surface area (Å²) in [4.78, 5) is 0. The van der Waals surface area contributed by atoms with Crippen molar-refractivity contribution in [1.29, 1.82) is 0 Å². The molecule has 3 aliphatic rings. The third-order valence-corrected chi connectivity index (χ3v) is 5.80. The van der Waals surface area contributed by atoms with Crippen LogP contribution in [0.4, 0.5) is 0 Å². The average Bonchev–Trinajstić information content (AvgIpc) is 2.45. The molecule has 2 aliphatic carbocycles. The van der Waals surface area contributed by atoms with E-state index in [1.807, 2.05) is 0 Å². The number of allylic oxidation sites excluding steroid dienone is 3. The van der Waals surface area contributed by atoms with Gasteiger partial charge in [-0.05, 0) is 49.0 Å². The zero-order valence-electron chi connectivity index (χ0n) is 14.1. The van der Waals surface area contributed by atoms with Gasteiger partial charge < -0.3 is 20.1 Å². The van der Waals surface area contributed by atoms with E-state index in [-0.39, 0.29) is 18.1 Å². The topological polar surface area (TPSA) is 69.9 Å². The molecule has 0 aromatic carbocycles. The lowest BCUT2D eigenvalue weighted by atomic mass is 9.65. The smallest absolute Gasteiger partial charge is 0.157 e. The molecule has 0 spiro atoms. The molecule has 0 amide bonds. The quantitative estimate of drug-likeness (QED) is 0.746. The maximum Gasteiger partial charge on any atom is 0.157 e. The Hall–Kier alpha value is -0.680. The summed E-state index contributed by atoms with van der Waals surface area (Å²) >= 11 is 0. The Labute approximate surface area is 138 Å². The first kappa shape index (κ1) is 17.2. The van der Waals surface area contributed by atoms with Crippen LogP contribution in [-0.4, -0.2) is 39.9 Å². The molecule has 0 bridgehead atoms. The first-order valence-electron chi connectivity index (χ1n) is 9.03. The van der Waals surface area contributed by atoms with Crippen LogP contribution in [0.1, 0.15) is 46.0 Å². The van der Waals surface area contributed by atoms with Gasteiger partial charge in [0.2, 0.25) is 0 Å². The number of hydrogen-bond donors (Lipinski definition) is 3. The van der Waals surface area contributed by atoms with E-state index in [1.165, 1.54) is 5.57 Å². The van der Waals surface area contributed by atoms with Crippen molar-refractivity contribution in [2.45, 2.75) is 70.6 Å². The first-order chi connectivity index (χ1) is 10.9. The Bertz CT molecular complexity index is 462. The van der Waals surface area contributed by atoms with Gasteiger partial charge in [-0.15, -0.1) is 0 Å². The van der Waals surface area contributed by atoms with Crippen molar-refractivity contribution in [3.8, 4) is 0 Å². The molecule has 23 heavy (non-hydrogen) atoms. The Morgan fingerprint density at radius 1 is 1.09 bits per heavy atom. The highest BCUT2D eigenvalue weighted by Crippen LogP contribution is 2.44. The Morgan fingerprint density at radius 2 is 1.87 bits per heavy atom. The minimum absolute atomic E-state index is 0.0843. The summed E-state index contributed by atoms with van der Waals surface area (Å²) in [6, 6.07) is 0. The van der Waals surface area contributed by atoms with Gasteiger partial charge in [-0.2, -0.15) is 0 Å². The zero-order valence-corrected chi connectivity index (χ0v) is 14.1. The fourth-order valence-electron chi connectivity index (χ4n) is 4.66. The van der Waals surface area contributed by atoms with E-state index in [2.05, 4.69) is 32.1 Å². The molecule has 3 N–H and O–H groups in total. The van der Waals surface area contributed by atoms with E-state index in [1.54, 1.807) is 0 Å². The zero-order chi connectivity index (χ0) is 16.6. The molecule has 0 aromatic rings. The van der Waals surface area contributed by atoms with Crippen LogP contribution >= 0.6 is 0 Å². The maximum atomic E-state index is 10.6. The molecule has 4 heteroatoms. The van der Waals surface area contributed by atoms with Crippen molar-refractivity contribution in [3.63, 3.8) is 0 Å². The monoisotopic (exact) mass is 322 g/mol. The predicted octanol–water partition coefficient (Wildman–Crippen LogP) is 2.39. The highest BCUT2D eigenvalue weighted by Gasteiger charge is 2.39. The maximum absolute atomic E-state index is 10.6. The number of fused-ring (bicyclic) bond motifs is 1. The van der Waals surface area contributed by atoms with E-state index < -0.39 is 12.4 Å². The summed E-state index contributed by atoms with van der Waals surface area (Å²) in [5, 5.41) is 30.1. The molecule has 1 saturated heterocycles. The molecule has 0 aromatic heterocycles. The summed E-state index contributed by atoms with van der Waals surface area (Å²) in [5.41, 5.74) is 1.28. The molecule has 1 heterocycles. The number of aliphatic hydroxyl groups excluding tert-OH is 3. The van der Waals surface area contributed by atoms with Gasteiger partial charge in [0, 0.05) is 12.3 Å². The second-order valence-electron chi connectivity index (χ2n) is 7.77. The molecule has 3 unspecified atom stereocenters. The van der Waals surface area contributed by atoms with Crippen molar-refractivity contribution in [1.82, 2.24) is 0 Å². The standard InChI is InChI=1S/C19H30O4/c1-11-7-13-4-3-12(2)16(19(13)17(21)8-11)6-5-15-9-14(20)10-18(22)23-15/h3-4,7,11-12,14-22H,5-6,8-10H2,1-2H3/t11-,12-,14?,15?,16-,17-,18?,19-/m0/s1. The lowest BCUT2D eigenvalue weighted by Crippen LogP contribution is -2.40. The van der Waals surface area contributed by atoms with Crippen LogP contribution in [0.5, 0.6) is 0 Å². The summed E-state index contributed by atoms with van der Waals surface area (Å²) < 4.78 is 5.56. The normalized spacial score (nSPS) is 47.1. The third-order valence-electron chi connectivity index (χ3n) is 5.80. The molecule has 3 rings (SSSR count). The van der Waals surface area contributed by atoms with Gasteiger partial charge in [-0.3, -0.25) is 0 Å². The van der Waals surface area contributed by atoms with Gasteiger partial charge in [0.15, 0.2) is 6.29 Å². The van der Waals surface area contributed by atoms with Crippen molar-refractivity contribution < 1.29 is 20.1 Å². The number of ether oxygens (including phenoxy) is 1. The molecule has 130 valence electrons. The van der Waals surface area contributed by atoms with E-state index in [0.717, 1.165) is 19.3 Å². The summed E-state index contributed by atoms with van der Waals surface area (Å²) in [6.45, 7) is 4.38. The van der Waals surface area contributed by atoms with Crippen molar-refractivity contribution in [2.24, 2.45) is 23.7 Å². The second-order valence-corrected chi connectivity index (χ2v) is 7.77. The molecule has 0 radical (unpaired) electrons. The average molecular weight is 322 g/mol. The molecule has 4 nitrogen and oxygen atoms in total. The number of hydrogen-bond acceptors (Lipinski definition) is 4. The van der Waals surface area contributed by atoms with Crippen LogP contribution in [-0.2, 0) is 4.74 Å². The lowest BCUT2D eigenvalue weighted by molar-refractivity contribution is -0.191. The Morgan fingerprint density at radius 3 is 2.61 bits per heavy atom. The van der Waals surface area contributed by atoms with Crippen LogP contribution in [0.15, 0.2) is 23.8 Å². The predicted molar refractivity (Wildman–Crippen MR) is 88.5 cm³/mol. The first-order valence-corrected chi connectivity index (χ1v) is 9.03. The fraction of sp³-hybridized carbons (Fsp3) is 0.789. The van der Waals surface area contributed by atoms with E-state index in [9.17, 15) is 15.3 Å². The summed E-state index contributed by atoms with van der Waals surface area (Å²) in [5.74, 6) is 1.47. The highest BCUT2D eigenvalue weighted by atomic mass is 16.6. The molecular weight excluding hydrogens is 292 g/mol. The fourth-order valence-corrected chi connectivity index (χ4v) is 4.66. The van der Waals surface area contributed by atoms with Gasteiger partial charge in [-0.1, -0.05) is 32.1 Å². The van der Waals surface area contributed by atoms with Crippen LogP contribution < -0.4 is 0 Å². The number of rotatable bonds is 3. The summed E-state index contributed by atoms with van der Waals surface area (Å²) in [7, 11) is 0. The lowest BCUT2D eigenvalue weighted by Gasteiger charge is -2.42. The van der Waals surface area contributed by atoms with Crippen LogP contribution in [0, 0.1) is 23.7 Å².